The van der Waals surface area contributed by atoms with Gasteiger partial charge in [-0.3, -0.25) is 9.36 Å². The van der Waals surface area contributed by atoms with Crippen molar-refractivity contribution in [2.45, 2.75) is 5.16 Å². The van der Waals surface area contributed by atoms with E-state index >= 15 is 0 Å². The van der Waals surface area contributed by atoms with E-state index in [1.54, 1.807) is 6.26 Å². The molecule has 0 aliphatic carbocycles. The smallest absolute Gasteiger partial charge is 0.233 e. The summed E-state index contributed by atoms with van der Waals surface area (Å²) in [6.07, 6.45) is 1.61. The molecule has 0 unspecified atom stereocenters. The number of thioether (sulfide) groups is 1. The minimum Gasteiger partial charge on any atom is -0.461 e. The van der Waals surface area contributed by atoms with Gasteiger partial charge in [-0.25, -0.2) is 0 Å². The summed E-state index contributed by atoms with van der Waals surface area (Å²) in [6, 6.07) is 13.5. The maximum absolute atomic E-state index is 12.6. The minimum absolute atomic E-state index is 0.135. The van der Waals surface area contributed by atoms with E-state index in [2.05, 4.69) is 22.1 Å². The van der Waals surface area contributed by atoms with Crippen LogP contribution in [0.4, 0.5) is 0 Å². The van der Waals surface area contributed by atoms with Crippen molar-refractivity contribution < 1.29 is 9.21 Å². The molecule has 8 heteroatoms. The number of hydrogen-bond acceptors (Lipinski definition) is 6. The highest BCUT2D eigenvalue weighted by Gasteiger charge is 2.22. The summed E-state index contributed by atoms with van der Waals surface area (Å²) in [6.45, 7) is 3.39. The summed E-state index contributed by atoms with van der Waals surface area (Å²) >= 11 is 1.41. The van der Waals surface area contributed by atoms with Crippen LogP contribution in [0.15, 0.2) is 58.3 Å². The lowest BCUT2D eigenvalue weighted by atomic mass is 10.3. The van der Waals surface area contributed by atoms with Crippen molar-refractivity contribution in [1.29, 1.82) is 0 Å². The number of benzene rings is 1. The molecule has 3 aromatic rings. The van der Waals surface area contributed by atoms with Crippen molar-refractivity contribution in [2.24, 2.45) is 0 Å². The first-order valence-corrected chi connectivity index (χ1v) is 9.85. The molecule has 2 aromatic heterocycles. The average molecular weight is 383 g/mol. The van der Waals surface area contributed by atoms with E-state index in [4.69, 9.17) is 4.42 Å². The van der Waals surface area contributed by atoms with Gasteiger partial charge in [-0.05, 0) is 31.3 Å². The molecule has 0 atom stereocenters. The fourth-order valence-corrected chi connectivity index (χ4v) is 3.87. The summed E-state index contributed by atoms with van der Waals surface area (Å²) in [5, 5.41) is 9.29. The predicted molar refractivity (Wildman–Crippen MR) is 104 cm³/mol. The molecule has 0 saturated carbocycles. The number of para-hydroxylation sites is 1. The van der Waals surface area contributed by atoms with Gasteiger partial charge in [0.15, 0.2) is 10.9 Å². The third-order valence-electron chi connectivity index (χ3n) is 4.57. The molecule has 27 heavy (non-hydrogen) atoms. The van der Waals surface area contributed by atoms with Crippen LogP contribution in [0.3, 0.4) is 0 Å². The van der Waals surface area contributed by atoms with Crippen LogP contribution in [-0.4, -0.2) is 69.5 Å². The molecule has 4 rings (SSSR count). The van der Waals surface area contributed by atoms with Gasteiger partial charge in [-0.1, -0.05) is 30.0 Å². The van der Waals surface area contributed by atoms with Gasteiger partial charge in [0.05, 0.1) is 12.0 Å². The van der Waals surface area contributed by atoms with E-state index in [1.807, 2.05) is 51.9 Å². The standard InChI is InChI=1S/C19H21N5O2S/c1-22-9-11-23(12-10-22)17(25)14-27-19-21-20-18(16-8-5-13-26-16)24(19)15-6-3-2-4-7-15/h2-8,13H,9-12,14H2,1H3. The van der Waals surface area contributed by atoms with Gasteiger partial charge in [0.1, 0.15) is 0 Å². The second kappa shape index (κ2) is 7.98. The first-order valence-electron chi connectivity index (χ1n) is 8.86. The number of furan rings is 1. The zero-order chi connectivity index (χ0) is 18.6. The molecule has 3 heterocycles. The van der Waals surface area contributed by atoms with Crippen LogP contribution in [0.5, 0.6) is 0 Å². The highest BCUT2D eigenvalue weighted by Crippen LogP contribution is 2.28. The van der Waals surface area contributed by atoms with Gasteiger partial charge >= 0.3 is 0 Å². The van der Waals surface area contributed by atoms with Crippen LogP contribution in [0, 0.1) is 0 Å². The van der Waals surface area contributed by atoms with Crippen LogP contribution in [0.1, 0.15) is 0 Å². The van der Waals surface area contributed by atoms with Gasteiger partial charge in [0, 0.05) is 31.9 Å². The molecule has 0 bridgehead atoms. The number of amides is 1. The number of likely N-dealkylation sites (N-methyl/N-ethyl adjacent to an activating group) is 1. The monoisotopic (exact) mass is 383 g/mol. The van der Waals surface area contributed by atoms with Crippen molar-refractivity contribution >= 4 is 17.7 Å². The number of carbonyl (C=O) groups is 1. The zero-order valence-electron chi connectivity index (χ0n) is 15.1. The lowest BCUT2D eigenvalue weighted by Crippen LogP contribution is -2.47. The van der Waals surface area contributed by atoms with Gasteiger partial charge in [0.2, 0.25) is 11.7 Å². The SMILES string of the molecule is CN1CCN(C(=O)CSc2nnc(-c3ccco3)n2-c2ccccc2)CC1. The predicted octanol–water partition coefficient (Wildman–Crippen LogP) is 2.39. The van der Waals surface area contributed by atoms with Crippen molar-refractivity contribution in [3.05, 3.63) is 48.7 Å². The number of rotatable bonds is 5. The quantitative estimate of drug-likeness (QED) is 0.630. The number of nitrogens with zero attached hydrogens (tertiary/aromatic N) is 5. The topological polar surface area (TPSA) is 67.4 Å². The van der Waals surface area contributed by atoms with Gasteiger partial charge in [0.25, 0.3) is 0 Å². The van der Waals surface area contributed by atoms with Crippen molar-refractivity contribution in [3.8, 4) is 17.3 Å². The van der Waals surface area contributed by atoms with E-state index in [1.165, 1.54) is 11.8 Å². The Kier molecular flexibility index (Phi) is 5.26. The van der Waals surface area contributed by atoms with Crippen LogP contribution in [-0.2, 0) is 4.79 Å². The largest absolute Gasteiger partial charge is 0.461 e. The van der Waals surface area contributed by atoms with Crippen molar-refractivity contribution in [3.63, 3.8) is 0 Å². The molecular weight excluding hydrogens is 362 g/mol. The molecule has 1 aliphatic heterocycles. The van der Waals surface area contributed by atoms with Crippen molar-refractivity contribution in [2.75, 3.05) is 39.0 Å². The van der Waals surface area contributed by atoms with E-state index in [0.29, 0.717) is 22.5 Å². The molecule has 1 aliphatic rings. The fourth-order valence-electron chi connectivity index (χ4n) is 3.01. The number of aromatic nitrogens is 3. The van der Waals surface area contributed by atoms with E-state index in [9.17, 15) is 4.79 Å². The average Bonchev–Trinajstić information content (AvgIpc) is 3.37. The van der Waals surface area contributed by atoms with Crippen LogP contribution in [0.25, 0.3) is 17.3 Å². The fraction of sp³-hybridized carbons (Fsp3) is 0.316. The third kappa shape index (κ3) is 3.91. The van der Waals surface area contributed by atoms with Gasteiger partial charge in [-0.15, -0.1) is 10.2 Å². The first kappa shape index (κ1) is 17.8. The Hall–Kier alpha value is -2.58. The van der Waals surface area contributed by atoms with Crippen LogP contribution < -0.4 is 0 Å². The Bertz CT molecular complexity index is 886. The second-order valence-electron chi connectivity index (χ2n) is 6.43. The van der Waals surface area contributed by atoms with E-state index in [-0.39, 0.29) is 5.91 Å². The normalized spacial score (nSPS) is 15.2. The summed E-state index contributed by atoms with van der Waals surface area (Å²) in [4.78, 5) is 16.7. The van der Waals surface area contributed by atoms with E-state index < -0.39 is 0 Å². The molecular formula is C19H21N5O2S. The summed E-state index contributed by atoms with van der Waals surface area (Å²) in [5.74, 6) is 1.74. The van der Waals surface area contributed by atoms with Gasteiger partial charge < -0.3 is 14.2 Å². The Balaban J connectivity index is 1.55. The summed E-state index contributed by atoms with van der Waals surface area (Å²) in [7, 11) is 2.08. The molecule has 7 nitrogen and oxygen atoms in total. The van der Waals surface area contributed by atoms with Crippen molar-refractivity contribution in [1.82, 2.24) is 24.6 Å². The molecule has 1 aromatic carbocycles. The number of hydrogen-bond donors (Lipinski definition) is 0. The third-order valence-corrected chi connectivity index (χ3v) is 5.48. The lowest BCUT2D eigenvalue weighted by molar-refractivity contribution is -0.129. The Morgan fingerprint density at radius 2 is 1.85 bits per heavy atom. The van der Waals surface area contributed by atoms with Gasteiger partial charge in [-0.2, -0.15) is 0 Å². The molecule has 0 spiro atoms. The number of piperazine rings is 1. The molecule has 1 saturated heterocycles. The molecule has 0 radical (unpaired) electrons. The highest BCUT2D eigenvalue weighted by atomic mass is 32.2. The molecule has 140 valence electrons. The number of carbonyl (C=O) groups excluding carboxylic acids is 1. The maximum Gasteiger partial charge on any atom is 0.233 e. The van der Waals surface area contributed by atoms with Crippen LogP contribution >= 0.6 is 11.8 Å². The maximum atomic E-state index is 12.6. The summed E-state index contributed by atoms with van der Waals surface area (Å²) < 4.78 is 7.44. The zero-order valence-corrected chi connectivity index (χ0v) is 15.9. The molecule has 1 fully saturated rings. The molecule has 1 amide bonds. The summed E-state index contributed by atoms with van der Waals surface area (Å²) in [5.41, 5.74) is 0.934. The highest BCUT2D eigenvalue weighted by molar-refractivity contribution is 7.99. The molecule has 0 N–H and O–H groups in total. The minimum atomic E-state index is 0.135. The Morgan fingerprint density at radius 3 is 2.56 bits per heavy atom. The Morgan fingerprint density at radius 1 is 1.07 bits per heavy atom. The van der Waals surface area contributed by atoms with E-state index in [0.717, 1.165) is 31.9 Å². The second-order valence-corrected chi connectivity index (χ2v) is 7.37. The van der Waals surface area contributed by atoms with Crippen LogP contribution in [0.2, 0.25) is 0 Å². The first-order chi connectivity index (χ1) is 13.2. The Labute approximate surface area is 162 Å². The lowest BCUT2D eigenvalue weighted by Gasteiger charge is -2.32.